The summed E-state index contributed by atoms with van der Waals surface area (Å²) in [6.45, 7) is 3.48. The van der Waals surface area contributed by atoms with Gasteiger partial charge in [-0.2, -0.15) is 5.10 Å². The molecule has 1 heterocycles. The summed E-state index contributed by atoms with van der Waals surface area (Å²) in [5, 5.41) is 9.15. The molecule has 0 aliphatic rings. The molecule has 3 N–H and O–H groups in total. The molecule has 0 unspecified atom stereocenters. The maximum atomic E-state index is 12.2. The van der Waals surface area contributed by atoms with Gasteiger partial charge < -0.3 is 10.1 Å². The van der Waals surface area contributed by atoms with Crippen molar-refractivity contribution in [3.8, 4) is 5.75 Å². The molecule has 0 aliphatic carbocycles. The number of amides is 1. The van der Waals surface area contributed by atoms with Gasteiger partial charge in [0.2, 0.25) is 10.0 Å². The Balaban J connectivity index is 1.89. The van der Waals surface area contributed by atoms with Gasteiger partial charge in [-0.3, -0.25) is 9.89 Å². The average Bonchev–Trinajstić information content (AvgIpc) is 2.91. The number of nitrogens with zero attached hydrogens (tertiary/aromatic N) is 1. The number of nitrogens with one attached hydrogen (secondary N) is 3. The van der Waals surface area contributed by atoms with Crippen LogP contribution in [-0.4, -0.2) is 44.7 Å². The lowest BCUT2D eigenvalue weighted by molar-refractivity contribution is 0.0954. The van der Waals surface area contributed by atoms with Gasteiger partial charge in [0.25, 0.3) is 5.91 Å². The van der Waals surface area contributed by atoms with E-state index >= 15 is 0 Å². The Bertz CT molecular complexity index is 810. The zero-order chi connectivity index (χ0) is 17.7. The van der Waals surface area contributed by atoms with E-state index in [1.807, 2.05) is 0 Å². The summed E-state index contributed by atoms with van der Waals surface area (Å²) in [7, 11) is -2.15. The molecule has 1 amide bonds. The van der Waals surface area contributed by atoms with E-state index in [0.29, 0.717) is 22.7 Å². The summed E-state index contributed by atoms with van der Waals surface area (Å²) in [4.78, 5) is 12.2. The Morgan fingerprint density at radius 2 is 2.04 bits per heavy atom. The number of benzene rings is 1. The number of methoxy groups -OCH3 is 1. The van der Waals surface area contributed by atoms with Crippen LogP contribution in [0.25, 0.3) is 0 Å². The van der Waals surface area contributed by atoms with Crippen molar-refractivity contribution in [1.82, 2.24) is 20.2 Å². The zero-order valence-corrected chi connectivity index (χ0v) is 14.5. The maximum Gasteiger partial charge on any atom is 0.251 e. The highest BCUT2D eigenvalue weighted by Crippen LogP contribution is 2.16. The lowest BCUT2D eigenvalue weighted by Gasteiger charge is -2.09. The lowest BCUT2D eigenvalue weighted by atomic mass is 10.2. The van der Waals surface area contributed by atoms with Crippen LogP contribution < -0.4 is 14.8 Å². The second-order valence-corrected chi connectivity index (χ2v) is 6.85. The van der Waals surface area contributed by atoms with E-state index < -0.39 is 10.0 Å². The van der Waals surface area contributed by atoms with Crippen LogP contribution in [-0.2, 0) is 10.0 Å². The van der Waals surface area contributed by atoms with Crippen LogP contribution in [0.15, 0.2) is 29.2 Å². The number of hydrogen-bond acceptors (Lipinski definition) is 5. The average molecular weight is 352 g/mol. The smallest absolute Gasteiger partial charge is 0.251 e. The van der Waals surface area contributed by atoms with Gasteiger partial charge in [0.15, 0.2) is 0 Å². The van der Waals surface area contributed by atoms with E-state index in [1.165, 1.54) is 7.11 Å². The highest BCUT2D eigenvalue weighted by Gasteiger charge is 2.21. The number of ether oxygens (including phenoxy) is 1. The Hall–Kier alpha value is -2.39. The van der Waals surface area contributed by atoms with Crippen LogP contribution >= 0.6 is 0 Å². The molecule has 0 fully saturated rings. The minimum Gasteiger partial charge on any atom is -0.497 e. The zero-order valence-electron chi connectivity index (χ0n) is 13.7. The molecule has 1 aromatic heterocycles. The molecular formula is C15H20N4O4S. The molecule has 1 aromatic carbocycles. The molecule has 2 aromatic rings. The van der Waals surface area contributed by atoms with Gasteiger partial charge >= 0.3 is 0 Å². The topological polar surface area (TPSA) is 113 Å². The first-order valence-electron chi connectivity index (χ1n) is 7.28. The monoisotopic (exact) mass is 352 g/mol. The van der Waals surface area contributed by atoms with Gasteiger partial charge in [0.05, 0.1) is 18.5 Å². The number of carbonyl (C=O) groups excluding carboxylic acids is 1. The fraction of sp³-hybridized carbons (Fsp3) is 0.333. The van der Waals surface area contributed by atoms with E-state index in [4.69, 9.17) is 4.74 Å². The summed E-state index contributed by atoms with van der Waals surface area (Å²) in [5.74, 6) is 0.276. The number of rotatable bonds is 7. The third-order valence-corrected chi connectivity index (χ3v) is 5.09. The quantitative estimate of drug-likeness (QED) is 0.636. The van der Waals surface area contributed by atoms with Crippen LogP contribution in [0.2, 0.25) is 0 Å². The first-order valence-corrected chi connectivity index (χ1v) is 8.77. The summed E-state index contributed by atoms with van der Waals surface area (Å²) < 4.78 is 32.0. The largest absolute Gasteiger partial charge is 0.497 e. The van der Waals surface area contributed by atoms with E-state index in [2.05, 4.69) is 20.2 Å². The van der Waals surface area contributed by atoms with Gasteiger partial charge in [-0.15, -0.1) is 0 Å². The molecule has 0 spiro atoms. The first-order chi connectivity index (χ1) is 11.3. The summed E-state index contributed by atoms with van der Waals surface area (Å²) in [6.07, 6.45) is 0. The van der Waals surface area contributed by atoms with Crippen molar-refractivity contribution in [2.24, 2.45) is 0 Å². The van der Waals surface area contributed by atoms with Gasteiger partial charge in [0.1, 0.15) is 10.6 Å². The molecule has 2 rings (SSSR count). The summed E-state index contributed by atoms with van der Waals surface area (Å²) >= 11 is 0. The van der Waals surface area contributed by atoms with E-state index in [-0.39, 0.29) is 23.9 Å². The second kappa shape index (κ2) is 7.45. The van der Waals surface area contributed by atoms with Crippen molar-refractivity contribution in [3.63, 3.8) is 0 Å². The maximum absolute atomic E-state index is 12.2. The van der Waals surface area contributed by atoms with Gasteiger partial charge in [-0.1, -0.05) is 6.07 Å². The summed E-state index contributed by atoms with van der Waals surface area (Å²) in [5.41, 5.74) is 1.32. The predicted molar refractivity (Wildman–Crippen MR) is 88.6 cm³/mol. The third-order valence-electron chi connectivity index (χ3n) is 3.36. The van der Waals surface area contributed by atoms with E-state index in [1.54, 1.807) is 38.1 Å². The number of aromatic amines is 1. The van der Waals surface area contributed by atoms with Crippen molar-refractivity contribution in [3.05, 3.63) is 41.2 Å². The van der Waals surface area contributed by atoms with Gasteiger partial charge in [0, 0.05) is 18.7 Å². The van der Waals surface area contributed by atoms with Crippen LogP contribution in [0.4, 0.5) is 0 Å². The first kappa shape index (κ1) is 18.0. The number of aryl methyl sites for hydroxylation is 2. The van der Waals surface area contributed by atoms with Crippen LogP contribution in [0.3, 0.4) is 0 Å². The Morgan fingerprint density at radius 3 is 2.67 bits per heavy atom. The van der Waals surface area contributed by atoms with Crippen molar-refractivity contribution in [2.45, 2.75) is 18.7 Å². The molecule has 9 heteroatoms. The van der Waals surface area contributed by atoms with Crippen LogP contribution in [0.1, 0.15) is 21.7 Å². The third kappa shape index (κ3) is 4.12. The highest BCUT2D eigenvalue weighted by atomic mass is 32.2. The fourth-order valence-corrected chi connectivity index (χ4v) is 3.63. The second-order valence-electron chi connectivity index (χ2n) is 5.15. The minimum absolute atomic E-state index is 0.0715. The number of aromatic nitrogens is 2. The molecule has 24 heavy (non-hydrogen) atoms. The SMILES string of the molecule is COc1cccc(C(=O)NCCNS(=O)(=O)c2c(C)n[nH]c2C)c1. The normalized spacial score (nSPS) is 11.3. The number of hydrogen-bond donors (Lipinski definition) is 3. The van der Waals surface area contributed by atoms with E-state index in [0.717, 1.165) is 0 Å². The Morgan fingerprint density at radius 1 is 1.29 bits per heavy atom. The number of carbonyl (C=O) groups is 1. The van der Waals surface area contributed by atoms with Gasteiger partial charge in [-0.25, -0.2) is 13.1 Å². The van der Waals surface area contributed by atoms with Crippen LogP contribution in [0.5, 0.6) is 5.75 Å². The Labute approximate surface area is 140 Å². The lowest BCUT2D eigenvalue weighted by Crippen LogP contribution is -2.35. The van der Waals surface area contributed by atoms with Crippen LogP contribution in [0, 0.1) is 13.8 Å². The fourth-order valence-electron chi connectivity index (χ4n) is 2.24. The molecule has 0 aliphatic heterocycles. The Kier molecular flexibility index (Phi) is 5.58. The molecule has 0 atom stereocenters. The molecule has 8 nitrogen and oxygen atoms in total. The highest BCUT2D eigenvalue weighted by molar-refractivity contribution is 7.89. The number of H-pyrrole nitrogens is 1. The van der Waals surface area contributed by atoms with Crippen molar-refractivity contribution in [2.75, 3.05) is 20.2 Å². The predicted octanol–water partition coefficient (Wildman–Crippen LogP) is 0.743. The van der Waals surface area contributed by atoms with Gasteiger partial charge in [-0.05, 0) is 32.0 Å². The van der Waals surface area contributed by atoms with Crippen molar-refractivity contribution < 1.29 is 17.9 Å². The molecule has 0 radical (unpaired) electrons. The molecule has 130 valence electrons. The van der Waals surface area contributed by atoms with Crippen molar-refractivity contribution >= 4 is 15.9 Å². The minimum atomic E-state index is -3.67. The summed E-state index contributed by atoms with van der Waals surface area (Å²) in [6, 6.07) is 6.71. The van der Waals surface area contributed by atoms with E-state index in [9.17, 15) is 13.2 Å². The molecule has 0 bridgehead atoms. The molecular weight excluding hydrogens is 332 g/mol. The standard InChI is InChI=1S/C15H20N4O4S/c1-10-14(11(2)19-18-10)24(21,22)17-8-7-16-15(20)12-5-4-6-13(9-12)23-3/h4-6,9,17H,7-8H2,1-3H3,(H,16,20)(H,18,19). The number of sulfonamides is 1. The molecule has 0 saturated heterocycles. The molecule has 0 saturated carbocycles. The van der Waals surface area contributed by atoms with Crippen molar-refractivity contribution in [1.29, 1.82) is 0 Å².